The number of hydrogen-bond donors (Lipinski definition) is 1. The van der Waals surface area contributed by atoms with Gasteiger partial charge in [-0.1, -0.05) is 0 Å². The maximum Gasteiger partial charge on any atom is 0.403 e. The van der Waals surface area contributed by atoms with Gasteiger partial charge in [0.05, 0.1) is 6.04 Å². The molecular formula is C12H13F3N4. The number of alkyl halides is 3. The van der Waals surface area contributed by atoms with Gasteiger partial charge in [0.25, 0.3) is 0 Å². The predicted molar refractivity (Wildman–Crippen MR) is 69.4 cm³/mol. The quantitative estimate of drug-likeness (QED) is 0.787. The van der Waals surface area contributed by atoms with Crippen molar-refractivity contribution < 1.29 is 13.2 Å². The zero-order valence-electron chi connectivity index (χ0n) is 10.2. The second-order valence-electron chi connectivity index (χ2n) is 3.62. The van der Waals surface area contributed by atoms with E-state index in [1.807, 2.05) is 24.3 Å². The highest BCUT2D eigenvalue weighted by Gasteiger charge is 2.32. The lowest BCUT2D eigenvalue weighted by Gasteiger charge is -2.07. The molecule has 1 aromatic heterocycles. The molecule has 0 fully saturated rings. The number of pyridine rings is 1. The zero-order chi connectivity index (χ0) is 14.3. The van der Waals surface area contributed by atoms with Crippen LogP contribution in [0.25, 0.3) is 0 Å². The molecule has 0 spiro atoms. The topological polar surface area (TPSA) is 63.6 Å². The lowest BCUT2D eigenvalue weighted by atomic mass is 10.4. The van der Waals surface area contributed by atoms with Gasteiger partial charge in [-0.3, -0.25) is 4.99 Å². The molecule has 102 valence electrons. The maximum absolute atomic E-state index is 11.1. The Morgan fingerprint density at radius 3 is 2.32 bits per heavy atom. The number of fused-ring (bicyclic) bond motifs is 1. The molecule has 0 bridgehead atoms. The highest BCUT2D eigenvalue weighted by molar-refractivity contribution is 5.87. The molecule has 2 heterocycles. The second kappa shape index (κ2) is 6.79. The minimum atomic E-state index is -4.22. The van der Waals surface area contributed by atoms with Gasteiger partial charge in [0, 0.05) is 18.6 Å². The monoisotopic (exact) mass is 270 g/mol. The van der Waals surface area contributed by atoms with Crippen LogP contribution in [0.3, 0.4) is 0 Å². The van der Waals surface area contributed by atoms with Crippen molar-refractivity contribution in [1.82, 2.24) is 4.98 Å². The molecule has 1 atom stereocenters. The van der Waals surface area contributed by atoms with Crippen molar-refractivity contribution >= 4 is 23.9 Å². The highest BCUT2D eigenvalue weighted by atomic mass is 19.4. The molecule has 4 nitrogen and oxygen atoms in total. The molecule has 1 aliphatic heterocycles. The molecule has 1 aliphatic rings. The SMILES string of the molecule is C1=CC=Nc2ncccc2N=C1.C[C@@H](N)C(F)(F)F. The van der Waals surface area contributed by atoms with E-state index >= 15 is 0 Å². The van der Waals surface area contributed by atoms with E-state index in [2.05, 4.69) is 20.7 Å². The molecule has 2 rings (SSSR count). The van der Waals surface area contributed by atoms with Gasteiger partial charge < -0.3 is 5.73 Å². The van der Waals surface area contributed by atoms with Gasteiger partial charge in [0.1, 0.15) is 5.69 Å². The Morgan fingerprint density at radius 2 is 1.74 bits per heavy atom. The van der Waals surface area contributed by atoms with Crippen molar-refractivity contribution in [2.45, 2.75) is 19.1 Å². The van der Waals surface area contributed by atoms with Crippen molar-refractivity contribution in [3.05, 3.63) is 30.5 Å². The molecular weight excluding hydrogens is 257 g/mol. The van der Waals surface area contributed by atoms with E-state index in [1.54, 1.807) is 18.6 Å². The summed E-state index contributed by atoms with van der Waals surface area (Å²) in [5, 5.41) is 0. The average Bonchev–Trinajstić information content (AvgIpc) is 2.29. The number of allylic oxidation sites excluding steroid dienone is 2. The summed E-state index contributed by atoms with van der Waals surface area (Å²) in [5.41, 5.74) is 5.25. The summed E-state index contributed by atoms with van der Waals surface area (Å²) in [6.45, 7) is 0.903. The molecule has 0 amide bonds. The molecule has 19 heavy (non-hydrogen) atoms. The third-order valence-electron chi connectivity index (χ3n) is 1.98. The normalized spacial score (nSPS) is 14.8. The average molecular weight is 270 g/mol. The Morgan fingerprint density at radius 1 is 1.16 bits per heavy atom. The first-order chi connectivity index (χ1) is 8.91. The van der Waals surface area contributed by atoms with Gasteiger partial charge in [-0.2, -0.15) is 13.2 Å². The van der Waals surface area contributed by atoms with Gasteiger partial charge >= 0.3 is 6.18 Å². The van der Waals surface area contributed by atoms with Gasteiger partial charge in [-0.25, -0.2) is 9.98 Å². The van der Waals surface area contributed by atoms with Crippen LogP contribution in [0.4, 0.5) is 24.7 Å². The van der Waals surface area contributed by atoms with Crippen LogP contribution in [0.1, 0.15) is 6.92 Å². The van der Waals surface area contributed by atoms with Crippen LogP contribution in [-0.4, -0.2) is 29.6 Å². The minimum Gasteiger partial charge on any atom is -0.320 e. The van der Waals surface area contributed by atoms with Crippen molar-refractivity contribution in [3.63, 3.8) is 0 Å². The Kier molecular flexibility index (Phi) is 5.37. The fraction of sp³-hybridized carbons (Fsp3) is 0.250. The van der Waals surface area contributed by atoms with Crippen molar-refractivity contribution in [3.8, 4) is 0 Å². The number of hydrogen-bond acceptors (Lipinski definition) is 4. The summed E-state index contributed by atoms with van der Waals surface area (Å²) in [4.78, 5) is 12.3. The molecule has 7 heteroatoms. The summed E-state index contributed by atoms with van der Waals surface area (Å²) in [7, 11) is 0. The van der Waals surface area contributed by atoms with Crippen molar-refractivity contribution in [2.75, 3.05) is 0 Å². The van der Waals surface area contributed by atoms with Crippen LogP contribution in [0, 0.1) is 0 Å². The van der Waals surface area contributed by atoms with E-state index in [1.165, 1.54) is 0 Å². The fourth-order valence-corrected chi connectivity index (χ4v) is 0.925. The largest absolute Gasteiger partial charge is 0.403 e. The van der Waals surface area contributed by atoms with Crippen molar-refractivity contribution in [2.24, 2.45) is 15.7 Å². The molecule has 0 radical (unpaired) electrons. The smallest absolute Gasteiger partial charge is 0.320 e. The lowest BCUT2D eigenvalue weighted by molar-refractivity contribution is -0.143. The third-order valence-corrected chi connectivity index (χ3v) is 1.98. The molecule has 0 aromatic carbocycles. The molecule has 0 saturated carbocycles. The van der Waals surface area contributed by atoms with Crippen LogP contribution in [-0.2, 0) is 0 Å². The lowest BCUT2D eigenvalue weighted by Crippen LogP contribution is -2.33. The van der Waals surface area contributed by atoms with Crippen LogP contribution in [0.2, 0.25) is 0 Å². The van der Waals surface area contributed by atoms with Crippen molar-refractivity contribution in [1.29, 1.82) is 0 Å². The van der Waals surface area contributed by atoms with Gasteiger partial charge in [0.15, 0.2) is 5.82 Å². The first-order valence-corrected chi connectivity index (χ1v) is 5.42. The number of rotatable bonds is 0. The van der Waals surface area contributed by atoms with E-state index in [9.17, 15) is 13.2 Å². The Bertz CT molecular complexity index is 455. The Hall–Kier alpha value is -2.02. The standard InChI is InChI=1S/C9H7N3.C3H6F3N/c1-2-6-11-9-8(10-5-1)4-3-7-12-9;1-2(7)3(4,5)6/h1-7H;2H,7H2,1H3/t;2-/m.1/s1. The van der Waals surface area contributed by atoms with E-state index in [0.29, 0.717) is 5.82 Å². The summed E-state index contributed by atoms with van der Waals surface area (Å²) < 4.78 is 33.2. The van der Waals surface area contributed by atoms with Gasteiger partial charge in [-0.05, 0) is 31.2 Å². The highest BCUT2D eigenvalue weighted by Crippen LogP contribution is 2.23. The fourth-order valence-electron chi connectivity index (χ4n) is 0.925. The van der Waals surface area contributed by atoms with Crippen LogP contribution in [0.15, 0.2) is 40.5 Å². The summed E-state index contributed by atoms with van der Waals surface area (Å²) in [6.07, 6.45) is 4.57. The molecule has 0 aliphatic carbocycles. The summed E-state index contributed by atoms with van der Waals surface area (Å²) >= 11 is 0. The van der Waals surface area contributed by atoms with Crippen LogP contribution < -0.4 is 5.73 Å². The first kappa shape index (κ1) is 15.0. The predicted octanol–water partition coefficient (Wildman–Crippen LogP) is 2.95. The van der Waals surface area contributed by atoms with Crippen LogP contribution in [0.5, 0.6) is 0 Å². The van der Waals surface area contributed by atoms with E-state index in [0.717, 1.165) is 12.6 Å². The molecule has 1 aromatic rings. The number of aliphatic imine (C=N–C) groups is 2. The Labute approximate surface area is 108 Å². The first-order valence-electron chi connectivity index (χ1n) is 5.42. The molecule has 0 saturated heterocycles. The second-order valence-corrected chi connectivity index (χ2v) is 3.62. The maximum atomic E-state index is 11.1. The van der Waals surface area contributed by atoms with E-state index in [-0.39, 0.29) is 0 Å². The van der Waals surface area contributed by atoms with Crippen LogP contribution >= 0.6 is 0 Å². The number of aromatic nitrogens is 1. The van der Waals surface area contributed by atoms with Gasteiger partial charge in [-0.15, -0.1) is 0 Å². The zero-order valence-corrected chi connectivity index (χ0v) is 10.2. The minimum absolute atomic E-state index is 0.665. The number of halogens is 3. The van der Waals surface area contributed by atoms with E-state index < -0.39 is 12.2 Å². The van der Waals surface area contributed by atoms with E-state index in [4.69, 9.17) is 0 Å². The Balaban J connectivity index is 0.000000224. The summed E-state index contributed by atoms with van der Waals surface area (Å²) in [5.74, 6) is 0.665. The van der Waals surface area contributed by atoms with Gasteiger partial charge in [0.2, 0.25) is 0 Å². The summed E-state index contributed by atoms with van der Waals surface area (Å²) in [6, 6.07) is 2.03. The molecule has 0 unspecified atom stereocenters. The molecule has 2 N–H and O–H groups in total. The number of nitrogens with zero attached hydrogens (tertiary/aromatic N) is 3. The third kappa shape index (κ3) is 5.43. The number of nitrogens with two attached hydrogens (primary N) is 1.